The number of benzene rings is 1. The first-order valence-corrected chi connectivity index (χ1v) is 4.49. The monoisotopic (exact) mass is 192 g/mol. The van der Waals surface area contributed by atoms with E-state index in [-0.39, 0.29) is 29.6 Å². The van der Waals surface area contributed by atoms with Crippen molar-refractivity contribution in [3.63, 3.8) is 0 Å². The van der Waals surface area contributed by atoms with Crippen LogP contribution in [0.5, 0.6) is 0 Å². The van der Waals surface area contributed by atoms with Gasteiger partial charge in [-0.15, -0.1) is 0 Å². The van der Waals surface area contributed by atoms with Crippen LogP contribution in [0.1, 0.15) is 12.5 Å². The third-order valence-corrected chi connectivity index (χ3v) is 2.18. The van der Waals surface area contributed by atoms with Gasteiger partial charge in [-0.3, -0.25) is 4.21 Å². The molecule has 4 heteroatoms. The van der Waals surface area contributed by atoms with Crippen LogP contribution in [0.25, 0.3) is 0 Å². The van der Waals surface area contributed by atoms with E-state index in [1.54, 1.807) is 12.1 Å². The number of aryl methyl sites for hydroxylation is 1. The van der Waals surface area contributed by atoms with Crippen molar-refractivity contribution in [2.24, 2.45) is 0 Å². The third-order valence-electron chi connectivity index (χ3n) is 1.52. The van der Waals surface area contributed by atoms with Crippen LogP contribution in [0, 0.1) is 0 Å². The van der Waals surface area contributed by atoms with Crippen LogP contribution in [0.2, 0.25) is 0 Å². The van der Waals surface area contributed by atoms with E-state index in [9.17, 15) is 8.76 Å². The Bertz CT molecular complexity index is 258. The van der Waals surface area contributed by atoms with E-state index in [0.717, 1.165) is 12.0 Å². The van der Waals surface area contributed by atoms with Gasteiger partial charge in [0.25, 0.3) is 0 Å². The van der Waals surface area contributed by atoms with Crippen LogP contribution < -0.4 is 29.6 Å². The van der Waals surface area contributed by atoms with Gasteiger partial charge in [0, 0.05) is 4.90 Å². The van der Waals surface area contributed by atoms with E-state index in [1.165, 1.54) is 0 Å². The largest absolute Gasteiger partial charge is 1.00 e. The van der Waals surface area contributed by atoms with Crippen molar-refractivity contribution in [1.82, 2.24) is 0 Å². The average Bonchev–Trinajstić information content (AvgIpc) is 2.05. The van der Waals surface area contributed by atoms with Gasteiger partial charge in [-0.25, -0.2) is 0 Å². The molecule has 1 aromatic rings. The molecule has 12 heavy (non-hydrogen) atoms. The first-order valence-electron chi connectivity index (χ1n) is 3.42. The predicted molar refractivity (Wildman–Crippen MR) is 43.0 cm³/mol. The molecule has 0 aliphatic rings. The smallest absolute Gasteiger partial charge is 0.768 e. The maximum atomic E-state index is 10.4. The summed E-state index contributed by atoms with van der Waals surface area (Å²) in [6.45, 7) is 2.03. The van der Waals surface area contributed by atoms with Gasteiger partial charge >= 0.3 is 29.6 Å². The van der Waals surface area contributed by atoms with E-state index in [1.807, 2.05) is 19.1 Å². The van der Waals surface area contributed by atoms with Crippen molar-refractivity contribution in [1.29, 1.82) is 0 Å². The average molecular weight is 192 g/mol. The van der Waals surface area contributed by atoms with Gasteiger partial charge < -0.3 is 4.55 Å². The molecule has 0 heterocycles. The third kappa shape index (κ3) is 3.37. The van der Waals surface area contributed by atoms with Crippen LogP contribution in [0.3, 0.4) is 0 Å². The van der Waals surface area contributed by atoms with Crippen molar-refractivity contribution in [2.75, 3.05) is 0 Å². The molecule has 0 saturated heterocycles. The van der Waals surface area contributed by atoms with Crippen LogP contribution in [-0.4, -0.2) is 8.76 Å². The summed E-state index contributed by atoms with van der Waals surface area (Å²) < 4.78 is 20.8. The minimum absolute atomic E-state index is 0. The van der Waals surface area contributed by atoms with Crippen molar-refractivity contribution in [3.05, 3.63) is 29.8 Å². The van der Waals surface area contributed by atoms with Gasteiger partial charge in [0.05, 0.1) is 0 Å². The molecular formula is C8H9NaO2S. The second kappa shape index (κ2) is 5.89. The fourth-order valence-electron chi connectivity index (χ4n) is 0.836. The first kappa shape index (κ1) is 12.3. The SMILES string of the molecule is CCc1ccc(S(=O)[O-])cc1.[Na+]. The molecule has 1 aromatic carbocycles. The molecule has 1 rings (SSSR count). The molecule has 0 amide bonds. The second-order valence-corrected chi connectivity index (χ2v) is 3.17. The Labute approximate surface area is 97.0 Å². The molecule has 0 N–H and O–H groups in total. The van der Waals surface area contributed by atoms with Crippen molar-refractivity contribution in [3.8, 4) is 0 Å². The Balaban J connectivity index is 0.00000121. The van der Waals surface area contributed by atoms with E-state index in [2.05, 4.69) is 0 Å². The Hall–Kier alpha value is 0.330. The van der Waals surface area contributed by atoms with Gasteiger partial charge in [0.1, 0.15) is 0 Å². The molecule has 0 aromatic heterocycles. The fourth-order valence-corrected chi connectivity index (χ4v) is 1.19. The van der Waals surface area contributed by atoms with Gasteiger partial charge in [0.2, 0.25) is 0 Å². The maximum absolute atomic E-state index is 10.4. The summed E-state index contributed by atoms with van der Waals surface area (Å²) in [5, 5.41) is 0. The molecule has 0 radical (unpaired) electrons. The van der Waals surface area contributed by atoms with Gasteiger partial charge in [-0.1, -0.05) is 19.1 Å². The van der Waals surface area contributed by atoms with Crippen LogP contribution in [0.4, 0.5) is 0 Å². The van der Waals surface area contributed by atoms with Gasteiger partial charge in [-0.05, 0) is 35.2 Å². The number of hydrogen-bond acceptors (Lipinski definition) is 2. The fraction of sp³-hybridized carbons (Fsp3) is 0.250. The zero-order chi connectivity index (χ0) is 8.27. The number of rotatable bonds is 2. The zero-order valence-electron chi connectivity index (χ0n) is 7.24. The minimum atomic E-state index is -2.09. The molecule has 0 saturated carbocycles. The molecule has 60 valence electrons. The Morgan fingerprint density at radius 2 is 1.83 bits per heavy atom. The van der Waals surface area contributed by atoms with Crippen LogP contribution in [0.15, 0.2) is 29.2 Å². The quantitative estimate of drug-likeness (QED) is 0.422. The summed E-state index contributed by atoms with van der Waals surface area (Å²) in [7, 11) is 0. The minimum Gasteiger partial charge on any atom is -0.768 e. The standard InChI is InChI=1S/C8H10O2S.Na/c1-2-7-3-5-8(6-4-7)11(9)10;/h3-6H,2H2,1H3,(H,9,10);/q;+1/p-1. The van der Waals surface area contributed by atoms with E-state index in [4.69, 9.17) is 0 Å². The second-order valence-electron chi connectivity index (χ2n) is 2.23. The Kier molecular flexibility index (Phi) is 6.05. The Morgan fingerprint density at radius 1 is 1.33 bits per heavy atom. The molecular weight excluding hydrogens is 183 g/mol. The molecule has 0 aliphatic heterocycles. The summed E-state index contributed by atoms with van der Waals surface area (Å²) in [6.07, 6.45) is 0.936. The molecule has 0 aliphatic carbocycles. The molecule has 1 unspecified atom stereocenters. The summed E-state index contributed by atoms with van der Waals surface area (Å²) in [4.78, 5) is 0.349. The topological polar surface area (TPSA) is 40.1 Å². The van der Waals surface area contributed by atoms with Crippen LogP contribution >= 0.6 is 0 Å². The molecule has 2 nitrogen and oxygen atoms in total. The molecule has 0 fully saturated rings. The van der Waals surface area contributed by atoms with Crippen LogP contribution in [-0.2, 0) is 17.5 Å². The van der Waals surface area contributed by atoms with E-state index >= 15 is 0 Å². The molecule has 1 atom stereocenters. The Morgan fingerprint density at radius 3 is 2.17 bits per heavy atom. The van der Waals surface area contributed by atoms with Gasteiger partial charge in [-0.2, -0.15) is 0 Å². The predicted octanol–water partition coefficient (Wildman–Crippen LogP) is -1.51. The van der Waals surface area contributed by atoms with Crippen molar-refractivity contribution >= 4 is 11.1 Å². The van der Waals surface area contributed by atoms with Gasteiger partial charge in [0.15, 0.2) is 0 Å². The normalized spacial score (nSPS) is 11.8. The summed E-state index contributed by atoms with van der Waals surface area (Å²) in [5.74, 6) is 0. The maximum Gasteiger partial charge on any atom is 1.00 e. The van der Waals surface area contributed by atoms with Crippen molar-refractivity contribution < 1.29 is 38.3 Å². The first-order chi connectivity index (χ1) is 5.24. The van der Waals surface area contributed by atoms with E-state index < -0.39 is 11.1 Å². The summed E-state index contributed by atoms with van der Waals surface area (Å²) >= 11 is -2.09. The number of hydrogen-bond donors (Lipinski definition) is 0. The summed E-state index contributed by atoms with van der Waals surface area (Å²) in [6, 6.07) is 6.88. The molecule has 0 bridgehead atoms. The molecule has 0 spiro atoms. The van der Waals surface area contributed by atoms with E-state index in [0.29, 0.717) is 4.90 Å². The zero-order valence-corrected chi connectivity index (χ0v) is 10.1. The summed E-state index contributed by atoms with van der Waals surface area (Å²) in [5.41, 5.74) is 1.15. The van der Waals surface area contributed by atoms with Crippen molar-refractivity contribution in [2.45, 2.75) is 18.2 Å².